The minimum Gasteiger partial charge on any atom is -0.508 e. The second kappa shape index (κ2) is 9.20. The van der Waals surface area contributed by atoms with Crippen molar-refractivity contribution in [1.29, 1.82) is 0 Å². The number of carbonyl (C=O) groups is 3. The molecular weight excluding hydrogens is 458 g/mol. The van der Waals surface area contributed by atoms with Crippen LogP contribution in [0.5, 0.6) is 5.75 Å². The third-order valence-corrected chi connectivity index (χ3v) is 6.92. The Hall–Kier alpha value is -3.82. The molecule has 1 atom stereocenters. The van der Waals surface area contributed by atoms with Gasteiger partial charge in [0.1, 0.15) is 11.8 Å². The number of rotatable bonds is 7. The van der Waals surface area contributed by atoms with Crippen LogP contribution in [-0.2, 0) is 26.0 Å². The van der Waals surface area contributed by atoms with Gasteiger partial charge in [0.2, 0.25) is 10.0 Å². The maximum Gasteiger partial charge on any atom is 0.324 e. The largest absolute Gasteiger partial charge is 0.508 e. The Bertz CT molecular complexity index is 1400. The van der Waals surface area contributed by atoms with Crippen LogP contribution in [-0.4, -0.2) is 43.7 Å². The van der Waals surface area contributed by atoms with Gasteiger partial charge in [0.05, 0.1) is 11.5 Å². The molecule has 2 N–H and O–H groups in total. The summed E-state index contributed by atoms with van der Waals surface area (Å²) >= 11 is 0. The number of carbonyl (C=O) groups excluding carboxylic acids is 3. The van der Waals surface area contributed by atoms with E-state index >= 15 is 0 Å². The van der Waals surface area contributed by atoms with Crippen LogP contribution in [0.1, 0.15) is 44.3 Å². The first-order valence-corrected chi connectivity index (χ1v) is 12.0. The summed E-state index contributed by atoms with van der Waals surface area (Å²) in [5, 5.41) is 9.46. The van der Waals surface area contributed by atoms with E-state index in [1.54, 1.807) is 37.3 Å². The first-order valence-electron chi connectivity index (χ1n) is 10.5. The van der Waals surface area contributed by atoms with Gasteiger partial charge < -0.3 is 9.84 Å². The summed E-state index contributed by atoms with van der Waals surface area (Å²) in [4.78, 5) is 38.0. The number of esters is 1. The Balaban J connectivity index is 1.66. The van der Waals surface area contributed by atoms with Gasteiger partial charge in [-0.05, 0) is 49.2 Å². The zero-order chi connectivity index (χ0) is 24.5. The molecule has 0 bridgehead atoms. The number of aromatic hydroxyl groups is 1. The fraction of sp³-hybridized carbons (Fsp3) is 0.160. The van der Waals surface area contributed by atoms with E-state index in [-0.39, 0.29) is 51.7 Å². The van der Waals surface area contributed by atoms with Gasteiger partial charge >= 0.3 is 5.97 Å². The van der Waals surface area contributed by atoms with Crippen molar-refractivity contribution >= 4 is 27.6 Å². The van der Waals surface area contributed by atoms with Crippen LogP contribution < -0.4 is 4.72 Å². The predicted molar refractivity (Wildman–Crippen MR) is 122 cm³/mol. The van der Waals surface area contributed by atoms with Crippen LogP contribution in [0.2, 0.25) is 0 Å². The van der Waals surface area contributed by atoms with Crippen molar-refractivity contribution in [2.45, 2.75) is 24.3 Å². The smallest absolute Gasteiger partial charge is 0.324 e. The number of phenolic OH excluding ortho intramolecular Hbond substituents is 1. The van der Waals surface area contributed by atoms with Crippen molar-refractivity contribution in [3.05, 3.63) is 94.5 Å². The van der Waals surface area contributed by atoms with Gasteiger partial charge in [-0.2, -0.15) is 4.72 Å². The highest BCUT2D eigenvalue weighted by Crippen LogP contribution is 2.29. The van der Waals surface area contributed by atoms with Gasteiger partial charge in [0.15, 0.2) is 11.6 Å². The molecule has 4 rings (SSSR count). The van der Waals surface area contributed by atoms with Crippen LogP contribution >= 0.6 is 0 Å². The average Bonchev–Trinajstić information content (AvgIpc) is 2.83. The lowest BCUT2D eigenvalue weighted by Gasteiger charge is -2.20. The zero-order valence-corrected chi connectivity index (χ0v) is 19.0. The van der Waals surface area contributed by atoms with E-state index in [0.29, 0.717) is 5.56 Å². The Morgan fingerprint density at radius 1 is 0.912 bits per heavy atom. The summed E-state index contributed by atoms with van der Waals surface area (Å²) < 4.78 is 33.7. The van der Waals surface area contributed by atoms with Crippen LogP contribution in [0.15, 0.2) is 71.6 Å². The van der Waals surface area contributed by atoms with E-state index in [2.05, 4.69) is 4.72 Å². The molecule has 174 valence electrons. The summed E-state index contributed by atoms with van der Waals surface area (Å²) in [5.41, 5.74) is 1.18. The molecule has 0 aliphatic heterocycles. The van der Waals surface area contributed by atoms with Crippen molar-refractivity contribution < 1.29 is 32.6 Å². The molecule has 0 saturated carbocycles. The molecule has 1 aliphatic carbocycles. The van der Waals surface area contributed by atoms with E-state index in [0.717, 1.165) is 6.07 Å². The standard InChI is InChI=1S/C25H21NO7S/c1-2-33-25(30)22(13-15-7-9-16(27)10-8-15)26-34(31,32)17-11-12-20-21(14-17)24(29)19-6-4-3-5-18(19)23(20)28/h3-12,14,22,26-27H,2,13H2,1H3/t22-/m1/s1. The van der Waals surface area contributed by atoms with Gasteiger partial charge in [0, 0.05) is 22.3 Å². The fourth-order valence-electron chi connectivity index (χ4n) is 3.78. The maximum absolute atomic E-state index is 13.2. The van der Waals surface area contributed by atoms with Gasteiger partial charge in [-0.15, -0.1) is 0 Å². The number of hydrogen-bond acceptors (Lipinski definition) is 7. The van der Waals surface area contributed by atoms with Gasteiger partial charge in [-0.3, -0.25) is 14.4 Å². The third-order valence-electron chi connectivity index (χ3n) is 5.45. The predicted octanol–water partition coefficient (Wildman–Crippen LogP) is 2.62. The number of ether oxygens (including phenoxy) is 1. The number of sulfonamides is 1. The second-order valence-corrected chi connectivity index (χ2v) is 9.42. The van der Waals surface area contributed by atoms with E-state index in [1.165, 1.54) is 30.3 Å². The Morgan fingerprint density at radius 2 is 1.50 bits per heavy atom. The van der Waals surface area contributed by atoms with Crippen molar-refractivity contribution in [3.8, 4) is 5.75 Å². The molecule has 0 spiro atoms. The lowest BCUT2D eigenvalue weighted by Crippen LogP contribution is -2.43. The number of benzene rings is 3. The normalized spacial score (nSPS) is 13.7. The molecule has 0 radical (unpaired) electrons. The van der Waals surface area contributed by atoms with E-state index < -0.39 is 27.8 Å². The molecule has 0 amide bonds. The molecule has 1 aliphatic rings. The monoisotopic (exact) mass is 479 g/mol. The maximum atomic E-state index is 13.2. The summed E-state index contributed by atoms with van der Waals surface area (Å²) in [6.07, 6.45) is -0.0198. The molecule has 0 saturated heterocycles. The number of hydrogen-bond donors (Lipinski definition) is 2. The van der Waals surface area contributed by atoms with Crippen molar-refractivity contribution in [2.75, 3.05) is 6.61 Å². The highest BCUT2D eigenvalue weighted by molar-refractivity contribution is 7.89. The zero-order valence-electron chi connectivity index (χ0n) is 18.1. The minimum absolute atomic E-state index is 0.0159. The highest BCUT2D eigenvalue weighted by atomic mass is 32.2. The summed E-state index contributed by atoms with van der Waals surface area (Å²) in [6.45, 7) is 1.66. The molecule has 3 aromatic rings. The Labute approximate surface area is 196 Å². The molecule has 34 heavy (non-hydrogen) atoms. The average molecular weight is 480 g/mol. The minimum atomic E-state index is -4.27. The van der Waals surface area contributed by atoms with Crippen LogP contribution in [0.3, 0.4) is 0 Å². The molecule has 8 nitrogen and oxygen atoms in total. The quantitative estimate of drug-likeness (QED) is 0.390. The first-order chi connectivity index (χ1) is 16.2. The Kier molecular flexibility index (Phi) is 6.32. The third kappa shape index (κ3) is 4.48. The summed E-state index contributed by atoms with van der Waals surface area (Å²) in [7, 11) is -4.27. The number of ketones is 2. The van der Waals surface area contributed by atoms with E-state index in [4.69, 9.17) is 4.74 Å². The SMILES string of the molecule is CCOC(=O)[C@@H](Cc1ccc(O)cc1)NS(=O)(=O)c1ccc2c(c1)C(=O)c1ccccc1C2=O. The Morgan fingerprint density at radius 3 is 2.12 bits per heavy atom. The highest BCUT2D eigenvalue weighted by Gasteiger charge is 2.32. The van der Waals surface area contributed by atoms with E-state index in [9.17, 15) is 27.9 Å². The molecule has 0 heterocycles. The molecule has 0 unspecified atom stereocenters. The van der Waals surface area contributed by atoms with Crippen LogP contribution in [0, 0.1) is 0 Å². The van der Waals surface area contributed by atoms with Gasteiger partial charge in [-0.1, -0.05) is 36.4 Å². The topological polar surface area (TPSA) is 127 Å². The lowest BCUT2D eigenvalue weighted by atomic mass is 9.84. The summed E-state index contributed by atoms with van der Waals surface area (Å²) in [5.74, 6) is -1.55. The number of nitrogens with one attached hydrogen (secondary N) is 1. The van der Waals surface area contributed by atoms with Gasteiger partial charge in [0.25, 0.3) is 0 Å². The molecule has 9 heteroatoms. The van der Waals surface area contributed by atoms with E-state index in [1.807, 2.05) is 0 Å². The molecule has 0 aromatic heterocycles. The molecule has 3 aromatic carbocycles. The summed E-state index contributed by atoms with van der Waals surface area (Å²) in [6, 6.07) is 14.8. The van der Waals surface area contributed by atoms with Crippen molar-refractivity contribution in [3.63, 3.8) is 0 Å². The number of fused-ring (bicyclic) bond motifs is 2. The van der Waals surface area contributed by atoms with Crippen LogP contribution in [0.25, 0.3) is 0 Å². The fourth-order valence-corrected chi connectivity index (χ4v) is 5.00. The van der Waals surface area contributed by atoms with Crippen molar-refractivity contribution in [1.82, 2.24) is 4.72 Å². The van der Waals surface area contributed by atoms with Gasteiger partial charge in [-0.25, -0.2) is 8.42 Å². The second-order valence-electron chi connectivity index (χ2n) is 7.71. The molecule has 0 fully saturated rings. The number of phenols is 1. The van der Waals surface area contributed by atoms with Crippen LogP contribution in [0.4, 0.5) is 0 Å². The lowest BCUT2D eigenvalue weighted by molar-refractivity contribution is -0.145. The van der Waals surface area contributed by atoms with Crippen molar-refractivity contribution in [2.24, 2.45) is 0 Å². The molecular formula is C25H21NO7S. The first kappa shape index (κ1) is 23.3.